The molecule has 1 unspecified atom stereocenters. The first-order valence-electron chi connectivity index (χ1n) is 12.5. The minimum absolute atomic E-state index is 0.0252. The zero-order valence-electron chi connectivity index (χ0n) is 20.2. The predicted molar refractivity (Wildman–Crippen MR) is 135 cm³/mol. The Morgan fingerprint density at radius 3 is 2.38 bits per heavy atom. The molecule has 2 aromatic carbocycles. The maximum atomic E-state index is 13.0. The SMILES string of the molecule is Cc1ccc(S(=O)(=O)N2CCCC(C(=O)NCCN3CCC(Cc4ccccc4)CC3)C2)cc1. The summed E-state index contributed by atoms with van der Waals surface area (Å²) in [4.78, 5) is 15.5. The molecule has 4 rings (SSSR count). The van der Waals surface area contributed by atoms with Crippen LogP contribution in [0.2, 0.25) is 0 Å². The van der Waals surface area contributed by atoms with Crippen molar-refractivity contribution in [1.82, 2.24) is 14.5 Å². The van der Waals surface area contributed by atoms with Crippen molar-refractivity contribution in [2.24, 2.45) is 11.8 Å². The highest BCUT2D eigenvalue weighted by molar-refractivity contribution is 7.89. The molecule has 0 aromatic heterocycles. The van der Waals surface area contributed by atoms with E-state index < -0.39 is 10.0 Å². The quantitative estimate of drug-likeness (QED) is 0.624. The summed E-state index contributed by atoms with van der Waals surface area (Å²) in [6.07, 6.45) is 4.97. The number of amides is 1. The Morgan fingerprint density at radius 1 is 0.971 bits per heavy atom. The van der Waals surface area contributed by atoms with Crippen molar-refractivity contribution in [3.8, 4) is 0 Å². The zero-order chi connectivity index (χ0) is 24.0. The van der Waals surface area contributed by atoms with Crippen molar-refractivity contribution in [3.05, 3.63) is 65.7 Å². The van der Waals surface area contributed by atoms with Gasteiger partial charge in [-0.15, -0.1) is 0 Å². The summed E-state index contributed by atoms with van der Waals surface area (Å²) in [5.74, 6) is 0.422. The fourth-order valence-electron chi connectivity index (χ4n) is 5.08. The molecule has 0 saturated carbocycles. The molecule has 7 heteroatoms. The number of hydrogen-bond acceptors (Lipinski definition) is 4. The van der Waals surface area contributed by atoms with Crippen LogP contribution < -0.4 is 5.32 Å². The summed E-state index contributed by atoms with van der Waals surface area (Å²) in [6, 6.07) is 17.6. The van der Waals surface area contributed by atoms with Gasteiger partial charge in [0.05, 0.1) is 10.8 Å². The molecule has 184 valence electrons. The van der Waals surface area contributed by atoms with Gasteiger partial charge in [0.25, 0.3) is 0 Å². The van der Waals surface area contributed by atoms with Gasteiger partial charge in [-0.3, -0.25) is 4.79 Å². The monoisotopic (exact) mass is 483 g/mol. The van der Waals surface area contributed by atoms with E-state index >= 15 is 0 Å². The van der Waals surface area contributed by atoms with E-state index in [0.29, 0.717) is 24.4 Å². The third kappa shape index (κ3) is 6.46. The van der Waals surface area contributed by atoms with Crippen molar-refractivity contribution in [3.63, 3.8) is 0 Å². The van der Waals surface area contributed by atoms with Crippen LogP contribution in [0.15, 0.2) is 59.5 Å². The van der Waals surface area contributed by atoms with Crippen molar-refractivity contribution >= 4 is 15.9 Å². The first-order chi connectivity index (χ1) is 16.4. The molecule has 0 radical (unpaired) electrons. The lowest BCUT2D eigenvalue weighted by Gasteiger charge is -2.33. The Kier molecular flexibility index (Phi) is 8.40. The third-order valence-electron chi connectivity index (χ3n) is 7.22. The molecule has 1 amide bonds. The highest BCUT2D eigenvalue weighted by Gasteiger charge is 2.33. The smallest absolute Gasteiger partial charge is 0.243 e. The molecule has 6 nitrogen and oxygen atoms in total. The molecule has 34 heavy (non-hydrogen) atoms. The van der Waals surface area contributed by atoms with E-state index in [4.69, 9.17) is 0 Å². The molecule has 2 aliphatic heterocycles. The summed E-state index contributed by atoms with van der Waals surface area (Å²) in [5.41, 5.74) is 2.44. The van der Waals surface area contributed by atoms with Crippen LogP contribution in [0.25, 0.3) is 0 Å². The molecule has 1 atom stereocenters. The highest BCUT2D eigenvalue weighted by Crippen LogP contribution is 2.24. The van der Waals surface area contributed by atoms with Gasteiger partial charge in [-0.1, -0.05) is 48.0 Å². The maximum Gasteiger partial charge on any atom is 0.243 e. The number of nitrogens with zero attached hydrogens (tertiary/aromatic N) is 2. The summed E-state index contributed by atoms with van der Waals surface area (Å²) in [7, 11) is -3.57. The van der Waals surface area contributed by atoms with Gasteiger partial charge in [0.15, 0.2) is 0 Å². The maximum absolute atomic E-state index is 13.0. The van der Waals surface area contributed by atoms with Crippen LogP contribution in [0.1, 0.15) is 36.8 Å². The molecule has 0 bridgehead atoms. The highest BCUT2D eigenvalue weighted by atomic mass is 32.2. The normalized spacial score (nSPS) is 20.8. The van der Waals surface area contributed by atoms with Crippen molar-refractivity contribution in [2.75, 3.05) is 39.3 Å². The molecule has 2 saturated heterocycles. The minimum Gasteiger partial charge on any atom is -0.355 e. The fraction of sp³-hybridized carbons (Fsp3) is 0.519. The lowest BCUT2D eigenvalue weighted by molar-refractivity contribution is -0.126. The number of piperidine rings is 2. The Labute approximate surface area is 204 Å². The molecule has 0 spiro atoms. The molecule has 2 aromatic rings. The summed E-state index contributed by atoms with van der Waals surface area (Å²) in [6.45, 7) is 6.26. The molecule has 2 fully saturated rings. The standard InChI is InChI=1S/C27H37N3O3S/c1-22-9-11-26(12-10-22)34(32,33)30-16-5-8-25(21-30)27(31)28-15-19-29-17-13-24(14-18-29)20-23-6-3-2-4-7-23/h2-4,6-7,9-12,24-25H,5,8,13-21H2,1H3,(H,28,31). The summed E-state index contributed by atoms with van der Waals surface area (Å²) in [5, 5.41) is 3.07. The molecule has 0 aliphatic carbocycles. The second-order valence-electron chi connectivity index (χ2n) is 9.78. The van der Waals surface area contributed by atoms with Crippen molar-refractivity contribution in [2.45, 2.75) is 43.9 Å². The van der Waals surface area contributed by atoms with Crippen molar-refractivity contribution in [1.29, 1.82) is 0 Å². The fourth-order valence-corrected chi connectivity index (χ4v) is 6.60. The first-order valence-corrected chi connectivity index (χ1v) is 14.0. The first kappa shape index (κ1) is 24.9. The van der Waals surface area contributed by atoms with E-state index in [-0.39, 0.29) is 18.4 Å². The van der Waals surface area contributed by atoms with E-state index in [1.54, 1.807) is 12.1 Å². The molecular formula is C27H37N3O3S. The van der Waals surface area contributed by atoms with Crippen LogP contribution in [-0.4, -0.2) is 62.8 Å². The molecule has 2 aliphatic rings. The second-order valence-corrected chi connectivity index (χ2v) is 11.7. The number of carbonyl (C=O) groups is 1. The van der Waals surface area contributed by atoms with Gasteiger partial charge in [-0.2, -0.15) is 4.31 Å². The number of sulfonamides is 1. The number of nitrogens with one attached hydrogen (secondary N) is 1. The van der Waals surface area contributed by atoms with E-state index in [0.717, 1.165) is 44.0 Å². The molecule has 1 N–H and O–H groups in total. The van der Waals surface area contributed by atoms with Crippen LogP contribution in [0, 0.1) is 18.8 Å². The van der Waals surface area contributed by atoms with Gasteiger partial charge < -0.3 is 10.2 Å². The summed E-state index contributed by atoms with van der Waals surface area (Å²) < 4.78 is 27.5. The topological polar surface area (TPSA) is 69.7 Å². The Hall–Kier alpha value is -2.22. The van der Waals surface area contributed by atoms with Gasteiger partial charge in [0, 0.05) is 26.2 Å². The van der Waals surface area contributed by atoms with Crippen molar-refractivity contribution < 1.29 is 13.2 Å². The zero-order valence-corrected chi connectivity index (χ0v) is 21.0. The second kappa shape index (κ2) is 11.5. The predicted octanol–water partition coefficient (Wildman–Crippen LogP) is 3.47. The van der Waals surface area contributed by atoms with Gasteiger partial charge >= 0.3 is 0 Å². The Balaban J connectivity index is 1.19. The summed E-state index contributed by atoms with van der Waals surface area (Å²) >= 11 is 0. The number of carbonyl (C=O) groups excluding carboxylic acids is 1. The van der Waals surface area contributed by atoms with Gasteiger partial charge in [-0.05, 0) is 75.7 Å². The Bertz CT molecular complexity index is 1030. The Morgan fingerprint density at radius 2 is 1.68 bits per heavy atom. The molecular weight excluding hydrogens is 446 g/mol. The number of likely N-dealkylation sites (tertiary alicyclic amines) is 1. The minimum atomic E-state index is -3.57. The largest absolute Gasteiger partial charge is 0.355 e. The van der Waals surface area contributed by atoms with E-state index in [1.807, 2.05) is 19.1 Å². The molecule has 2 heterocycles. The third-order valence-corrected chi connectivity index (χ3v) is 9.09. The average molecular weight is 484 g/mol. The number of benzene rings is 2. The number of aryl methyl sites for hydroxylation is 1. The van der Waals surface area contributed by atoms with Crippen LogP contribution in [0.5, 0.6) is 0 Å². The number of rotatable bonds is 8. The number of hydrogen-bond donors (Lipinski definition) is 1. The van der Waals surface area contributed by atoms with E-state index in [2.05, 4.69) is 40.5 Å². The lowest BCUT2D eigenvalue weighted by atomic mass is 9.90. The van der Waals surface area contributed by atoms with Crippen LogP contribution in [-0.2, 0) is 21.2 Å². The van der Waals surface area contributed by atoms with Crippen LogP contribution in [0.4, 0.5) is 0 Å². The lowest BCUT2D eigenvalue weighted by Crippen LogP contribution is -2.47. The van der Waals surface area contributed by atoms with Crippen LogP contribution >= 0.6 is 0 Å². The van der Waals surface area contributed by atoms with Gasteiger partial charge in [0.1, 0.15) is 0 Å². The van der Waals surface area contributed by atoms with E-state index in [1.165, 1.54) is 22.7 Å². The van der Waals surface area contributed by atoms with Gasteiger partial charge in [0.2, 0.25) is 15.9 Å². The average Bonchev–Trinajstić information content (AvgIpc) is 2.86. The van der Waals surface area contributed by atoms with Crippen LogP contribution in [0.3, 0.4) is 0 Å². The van der Waals surface area contributed by atoms with E-state index in [9.17, 15) is 13.2 Å². The van der Waals surface area contributed by atoms with Gasteiger partial charge in [-0.25, -0.2) is 8.42 Å².